The second-order valence-corrected chi connectivity index (χ2v) is 7.21. The minimum Gasteiger partial charge on any atom is -0.399 e. The van der Waals surface area contributed by atoms with E-state index in [0.717, 1.165) is 24.0 Å². The summed E-state index contributed by atoms with van der Waals surface area (Å²) in [5.41, 5.74) is 1.43. The van der Waals surface area contributed by atoms with E-state index in [1.165, 1.54) is 0 Å². The fourth-order valence-corrected chi connectivity index (χ4v) is 2.95. The largest absolute Gasteiger partial charge is 0.495 e. The van der Waals surface area contributed by atoms with Crippen molar-refractivity contribution in [1.82, 2.24) is 4.90 Å². The Morgan fingerprint density at radius 1 is 1.14 bits per heavy atom. The molecule has 5 heteroatoms. The van der Waals surface area contributed by atoms with Gasteiger partial charge in [-0.2, -0.15) is 0 Å². The SMILES string of the molecule is CC1(C)OB(c2ccccc2CN2CCCC2=O)OC1(C)C. The number of hydrogen-bond acceptors (Lipinski definition) is 3. The van der Waals surface area contributed by atoms with E-state index in [-0.39, 0.29) is 24.2 Å². The molecule has 3 rings (SSSR count). The van der Waals surface area contributed by atoms with E-state index in [2.05, 4.69) is 33.8 Å². The maximum Gasteiger partial charge on any atom is 0.495 e. The molecule has 0 bridgehead atoms. The molecule has 2 aliphatic rings. The molecule has 1 aromatic carbocycles. The van der Waals surface area contributed by atoms with Gasteiger partial charge in [-0.15, -0.1) is 0 Å². The van der Waals surface area contributed by atoms with Crippen LogP contribution in [0.3, 0.4) is 0 Å². The van der Waals surface area contributed by atoms with Crippen LogP contribution < -0.4 is 5.46 Å². The van der Waals surface area contributed by atoms with Gasteiger partial charge < -0.3 is 14.2 Å². The van der Waals surface area contributed by atoms with Crippen molar-refractivity contribution in [2.45, 2.75) is 58.3 Å². The number of nitrogens with zero attached hydrogens (tertiary/aromatic N) is 1. The monoisotopic (exact) mass is 301 g/mol. The Morgan fingerprint density at radius 2 is 1.77 bits per heavy atom. The molecule has 2 heterocycles. The lowest BCUT2D eigenvalue weighted by atomic mass is 9.76. The molecule has 0 spiro atoms. The third-order valence-electron chi connectivity index (χ3n) is 5.09. The van der Waals surface area contributed by atoms with E-state index < -0.39 is 0 Å². The summed E-state index contributed by atoms with van der Waals surface area (Å²) in [7, 11) is -0.376. The first-order chi connectivity index (χ1) is 10.3. The van der Waals surface area contributed by atoms with E-state index in [1.807, 2.05) is 23.1 Å². The average molecular weight is 301 g/mol. The van der Waals surface area contributed by atoms with Crippen molar-refractivity contribution >= 4 is 18.5 Å². The van der Waals surface area contributed by atoms with E-state index in [9.17, 15) is 4.79 Å². The summed E-state index contributed by atoms with van der Waals surface area (Å²) in [6, 6.07) is 8.10. The molecule has 0 N–H and O–H groups in total. The first-order valence-electron chi connectivity index (χ1n) is 8.01. The van der Waals surface area contributed by atoms with Crippen LogP contribution in [0.2, 0.25) is 0 Å². The van der Waals surface area contributed by atoms with Gasteiger partial charge in [0.2, 0.25) is 5.91 Å². The second kappa shape index (κ2) is 5.39. The summed E-state index contributed by atoms with van der Waals surface area (Å²) in [6.45, 7) is 9.70. The Morgan fingerprint density at radius 3 is 2.36 bits per heavy atom. The molecule has 1 aromatic rings. The summed E-state index contributed by atoms with van der Waals surface area (Å²) in [6.07, 6.45) is 1.62. The van der Waals surface area contributed by atoms with Crippen molar-refractivity contribution in [3.05, 3.63) is 29.8 Å². The van der Waals surface area contributed by atoms with Crippen LogP contribution in [-0.4, -0.2) is 35.7 Å². The topological polar surface area (TPSA) is 38.8 Å². The number of amides is 1. The van der Waals surface area contributed by atoms with E-state index >= 15 is 0 Å². The quantitative estimate of drug-likeness (QED) is 0.803. The molecule has 0 aliphatic carbocycles. The lowest BCUT2D eigenvalue weighted by Crippen LogP contribution is -2.41. The summed E-state index contributed by atoms with van der Waals surface area (Å²) in [5.74, 6) is 0.240. The molecule has 118 valence electrons. The van der Waals surface area contributed by atoms with Crippen molar-refractivity contribution in [3.63, 3.8) is 0 Å². The number of hydrogen-bond donors (Lipinski definition) is 0. The first-order valence-corrected chi connectivity index (χ1v) is 8.01. The van der Waals surface area contributed by atoms with E-state index in [1.54, 1.807) is 0 Å². The van der Waals surface area contributed by atoms with Crippen LogP contribution in [0.4, 0.5) is 0 Å². The molecule has 2 aliphatic heterocycles. The Labute approximate surface area is 132 Å². The van der Waals surface area contributed by atoms with Gasteiger partial charge in [0, 0.05) is 19.5 Å². The van der Waals surface area contributed by atoms with Crippen LogP contribution in [0.15, 0.2) is 24.3 Å². The van der Waals surface area contributed by atoms with Gasteiger partial charge in [0.25, 0.3) is 0 Å². The van der Waals surface area contributed by atoms with Gasteiger partial charge in [-0.3, -0.25) is 4.79 Å². The van der Waals surface area contributed by atoms with Crippen molar-refractivity contribution < 1.29 is 14.1 Å². The molecule has 2 fully saturated rings. The molecule has 22 heavy (non-hydrogen) atoms. The van der Waals surface area contributed by atoms with Crippen LogP contribution in [-0.2, 0) is 20.6 Å². The normalized spacial score (nSPS) is 23.4. The number of likely N-dealkylation sites (tertiary alicyclic amines) is 1. The summed E-state index contributed by atoms with van der Waals surface area (Å²) < 4.78 is 12.3. The van der Waals surface area contributed by atoms with E-state index in [4.69, 9.17) is 9.31 Å². The summed E-state index contributed by atoms with van der Waals surface area (Å²) in [5, 5.41) is 0. The third-order valence-corrected chi connectivity index (χ3v) is 5.09. The zero-order chi connectivity index (χ0) is 16.0. The van der Waals surface area contributed by atoms with Crippen molar-refractivity contribution in [1.29, 1.82) is 0 Å². The van der Waals surface area contributed by atoms with E-state index in [0.29, 0.717) is 13.0 Å². The van der Waals surface area contributed by atoms with Crippen molar-refractivity contribution in [2.24, 2.45) is 0 Å². The highest BCUT2D eigenvalue weighted by atomic mass is 16.7. The smallest absolute Gasteiger partial charge is 0.399 e. The van der Waals surface area contributed by atoms with Gasteiger partial charge in [0.15, 0.2) is 0 Å². The highest BCUT2D eigenvalue weighted by molar-refractivity contribution is 6.62. The highest BCUT2D eigenvalue weighted by Crippen LogP contribution is 2.36. The van der Waals surface area contributed by atoms with Crippen molar-refractivity contribution in [2.75, 3.05) is 6.54 Å². The summed E-state index contributed by atoms with van der Waals surface area (Å²) in [4.78, 5) is 13.8. The van der Waals surface area contributed by atoms with Crippen LogP contribution in [0.5, 0.6) is 0 Å². The van der Waals surface area contributed by atoms with Gasteiger partial charge in [-0.1, -0.05) is 24.3 Å². The predicted octanol–water partition coefficient (Wildman–Crippen LogP) is 2.11. The summed E-state index contributed by atoms with van der Waals surface area (Å²) >= 11 is 0. The number of carbonyl (C=O) groups excluding carboxylic acids is 1. The standard InChI is InChI=1S/C17H24BNO3/c1-16(2)17(3,4)22-18(21-16)14-9-6-5-8-13(14)12-19-11-7-10-15(19)20/h5-6,8-9H,7,10-12H2,1-4H3. The molecule has 0 atom stereocenters. The Kier molecular flexibility index (Phi) is 3.81. The zero-order valence-corrected chi connectivity index (χ0v) is 13.9. The molecule has 2 saturated heterocycles. The Bertz CT molecular complexity index is 569. The fourth-order valence-electron chi connectivity index (χ4n) is 2.95. The van der Waals surface area contributed by atoms with Gasteiger partial charge in [-0.25, -0.2) is 0 Å². The van der Waals surface area contributed by atoms with Crippen LogP contribution >= 0.6 is 0 Å². The van der Waals surface area contributed by atoms with Crippen molar-refractivity contribution in [3.8, 4) is 0 Å². The minimum atomic E-state index is -0.376. The molecule has 0 unspecified atom stereocenters. The second-order valence-electron chi connectivity index (χ2n) is 7.21. The Balaban J connectivity index is 1.85. The lowest BCUT2D eigenvalue weighted by molar-refractivity contribution is -0.128. The van der Waals surface area contributed by atoms with Crippen LogP contribution in [0.1, 0.15) is 46.1 Å². The highest BCUT2D eigenvalue weighted by Gasteiger charge is 2.52. The van der Waals surface area contributed by atoms with Gasteiger partial charge in [0.1, 0.15) is 0 Å². The molecular weight excluding hydrogens is 277 g/mol. The maximum absolute atomic E-state index is 11.9. The first kappa shape index (κ1) is 15.6. The van der Waals surface area contributed by atoms with Gasteiger partial charge in [-0.05, 0) is 45.1 Å². The van der Waals surface area contributed by atoms with Crippen LogP contribution in [0.25, 0.3) is 0 Å². The molecule has 0 aromatic heterocycles. The molecule has 1 amide bonds. The lowest BCUT2D eigenvalue weighted by Gasteiger charge is -2.32. The molecule has 0 radical (unpaired) electrons. The molecular formula is C17H24BNO3. The number of carbonyl (C=O) groups is 1. The average Bonchev–Trinajstić information content (AvgIpc) is 2.92. The Hall–Kier alpha value is -1.33. The zero-order valence-electron chi connectivity index (χ0n) is 13.9. The number of rotatable bonds is 3. The number of benzene rings is 1. The molecule has 0 saturated carbocycles. The molecule has 4 nitrogen and oxygen atoms in total. The van der Waals surface area contributed by atoms with Crippen LogP contribution in [0, 0.1) is 0 Å². The minimum absolute atomic E-state index is 0.240. The third kappa shape index (κ3) is 2.68. The van der Waals surface area contributed by atoms with Gasteiger partial charge >= 0.3 is 7.12 Å². The predicted molar refractivity (Wildman–Crippen MR) is 86.8 cm³/mol. The maximum atomic E-state index is 11.9. The fraction of sp³-hybridized carbons (Fsp3) is 0.588. The van der Waals surface area contributed by atoms with Gasteiger partial charge in [0.05, 0.1) is 11.2 Å².